The monoisotopic (exact) mass is 405 g/mol. The molecule has 5 heteroatoms. The van der Waals surface area contributed by atoms with Gasteiger partial charge in [0.2, 0.25) is 0 Å². The largest absolute Gasteiger partial charge is 0.497 e. The number of likely N-dealkylation sites (tertiary alicyclic amines) is 1. The van der Waals surface area contributed by atoms with Crippen molar-refractivity contribution in [2.75, 3.05) is 13.7 Å². The molecule has 0 spiro atoms. The van der Waals surface area contributed by atoms with E-state index in [9.17, 15) is 4.79 Å². The van der Waals surface area contributed by atoms with Gasteiger partial charge >= 0.3 is 0 Å². The van der Waals surface area contributed by atoms with Crippen LogP contribution in [-0.2, 0) is 6.42 Å². The Hall–Kier alpha value is -2.40. The number of carbonyl (C=O) groups excluding carboxylic acids is 1. The third kappa shape index (κ3) is 3.29. The van der Waals surface area contributed by atoms with Crippen molar-refractivity contribution in [2.45, 2.75) is 63.6 Å². The number of benzene rings is 1. The van der Waals surface area contributed by atoms with Gasteiger partial charge in [0.25, 0.3) is 5.91 Å². The second-order valence-corrected chi connectivity index (χ2v) is 9.45. The number of amides is 1. The van der Waals surface area contributed by atoms with Crippen LogP contribution in [0.3, 0.4) is 0 Å². The molecule has 158 valence electrons. The van der Waals surface area contributed by atoms with Crippen molar-refractivity contribution in [1.82, 2.24) is 15.2 Å². The molecule has 4 atom stereocenters. The topological polar surface area (TPSA) is 54.5 Å². The van der Waals surface area contributed by atoms with E-state index in [4.69, 9.17) is 4.74 Å². The third-order valence-corrected chi connectivity index (χ3v) is 7.60. The van der Waals surface area contributed by atoms with Gasteiger partial charge in [-0.1, -0.05) is 31.9 Å². The maximum Gasteiger partial charge on any atom is 0.255 e. The first kappa shape index (κ1) is 19.6. The molecule has 30 heavy (non-hydrogen) atoms. The number of aromatic nitrogens is 1. The molecule has 1 saturated carbocycles. The van der Waals surface area contributed by atoms with Gasteiger partial charge < -0.3 is 15.0 Å². The molecule has 5 rings (SSSR count). The molecule has 3 fully saturated rings. The average Bonchev–Trinajstić information content (AvgIpc) is 2.87. The minimum Gasteiger partial charge on any atom is -0.497 e. The molecule has 2 bridgehead atoms. The van der Waals surface area contributed by atoms with Crippen molar-refractivity contribution < 1.29 is 9.53 Å². The lowest BCUT2D eigenvalue weighted by molar-refractivity contribution is 0.0628. The maximum absolute atomic E-state index is 13.7. The normalized spacial score (nSPS) is 30.1. The van der Waals surface area contributed by atoms with Crippen molar-refractivity contribution in [1.29, 1.82) is 0 Å². The molecule has 1 aliphatic carbocycles. The van der Waals surface area contributed by atoms with Gasteiger partial charge in [-0.2, -0.15) is 0 Å². The van der Waals surface area contributed by atoms with Crippen LogP contribution in [0.2, 0.25) is 0 Å². The highest BCUT2D eigenvalue weighted by molar-refractivity contribution is 5.95. The molecule has 1 aromatic carbocycles. The summed E-state index contributed by atoms with van der Waals surface area (Å²) in [6, 6.07) is 11.3. The van der Waals surface area contributed by atoms with Gasteiger partial charge in [-0.25, -0.2) is 0 Å². The van der Waals surface area contributed by atoms with Crippen molar-refractivity contribution in [3.05, 3.63) is 59.4 Å². The summed E-state index contributed by atoms with van der Waals surface area (Å²) in [7, 11) is 1.68. The van der Waals surface area contributed by atoms with Gasteiger partial charge in [0.1, 0.15) is 5.75 Å². The van der Waals surface area contributed by atoms with Gasteiger partial charge in [0, 0.05) is 42.5 Å². The molecule has 0 radical (unpaired) electrons. The molecule has 1 N–H and O–H groups in total. The van der Waals surface area contributed by atoms with Crippen LogP contribution in [0.5, 0.6) is 5.75 Å². The summed E-state index contributed by atoms with van der Waals surface area (Å²) < 4.78 is 5.34. The zero-order chi connectivity index (χ0) is 20.7. The number of nitrogens with one attached hydrogen (secondary N) is 1. The Bertz CT molecular complexity index is 945. The van der Waals surface area contributed by atoms with Gasteiger partial charge in [-0.3, -0.25) is 9.78 Å². The van der Waals surface area contributed by atoms with E-state index in [1.54, 1.807) is 13.3 Å². The number of nitrogens with zero attached hydrogens (tertiary/aromatic N) is 2. The quantitative estimate of drug-likeness (QED) is 0.840. The number of ether oxygens (including phenoxy) is 1. The van der Waals surface area contributed by atoms with Crippen LogP contribution in [0.4, 0.5) is 0 Å². The van der Waals surface area contributed by atoms with Crippen molar-refractivity contribution in [3.63, 3.8) is 0 Å². The zero-order valence-corrected chi connectivity index (χ0v) is 17.9. The highest BCUT2D eigenvalue weighted by atomic mass is 16.5. The van der Waals surface area contributed by atoms with Gasteiger partial charge in [0.05, 0.1) is 12.7 Å². The van der Waals surface area contributed by atoms with Crippen molar-refractivity contribution in [3.8, 4) is 5.75 Å². The summed E-state index contributed by atoms with van der Waals surface area (Å²) in [6.07, 6.45) is 10.3. The van der Waals surface area contributed by atoms with E-state index < -0.39 is 0 Å². The maximum atomic E-state index is 13.7. The Morgan fingerprint density at radius 3 is 2.97 bits per heavy atom. The number of methoxy groups -OCH3 is 1. The summed E-state index contributed by atoms with van der Waals surface area (Å²) >= 11 is 0. The van der Waals surface area contributed by atoms with Crippen LogP contribution in [0.1, 0.15) is 60.5 Å². The predicted octanol–water partition coefficient (Wildman–Crippen LogP) is 3.82. The second-order valence-electron chi connectivity index (χ2n) is 9.45. The van der Waals surface area contributed by atoms with Crippen LogP contribution >= 0.6 is 0 Å². The fourth-order valence-electron chi connectivity index (χ4n) is 6.13. The summed E-state index contributed by atoms with van der Waals surface area (Å²) in [6.45, 7) is 3.32. The number of hydrogen-bond acceptors (Lipinski definition) is 4. The molecule has 3 heterocycles. The number of pyridine rings is 1. The third-order valence-electron chi connectivity index (χ3n) is 7.60. The van der Waals surface area contributed by atoms with E-state index in [0.29, 0.717) is 23.7 Å². The van der Waals surface area contributed by atoms with E-state index in [0.717, 1.165) is 42.7 Å². The van der Waals surface area contributed by atoms with Crippen LogP contribution < -0.4 is 10.1 Å². The predicted molar refractivity (Wildman–Crippen MR) is 117 cm³/mol. The van der Waals surface area contributed by atoms with Crippen LogP contribution in [0.15, 0.2) is 42.7 Å². The van der Waals surface area contributed by atoms with E-state index in [-0.39, 0.29) is 11.3 Å². The first-order chi connectivity index (χ1) is 14.6. The molecule has 2 saturated heterocycles. The zero-order valence-electron chi connectivity index (χ0n) is 17.9. The van der Waals surface area contributed by atoms with Crippen LogP contribution in [0.25, 0.3) is 0 Å². The summed E-state index contributed by atoms with van der Waals surface area (Å²) in [4.78, 5) is 20.3. The van der Waals surface area contributed by atoms with E-state index in [1.165, 1.54) is 19.3 Å². The standard InChI is InChI=1S/C25H31N3O2/c1-25-13-20-16-27-22(25)8-3-4-9-23(25)28(20)24(29)19-11-18(14-26-15-19)10-17-6-5-7-21(12-17)30-2/h5-7,11-12,14-15,20,22-23,27H,3-4,8-10,13,16H2,1-2H3/t20-,22+,23-,25+/m0/s1. The number of carbonyl (C=O) groups is 1. The fourth-order valence-corrected chi connectivity index (χ4v) is 6.13. The van der Waals surface area contributed by atoms with Crippen LogP contribution in [-0.4, -0.2) is 47.6 Å². The van der Waals surface area contributed by atoms with Crippen molar-refractivity contribution >= 4 is 5.91 Å². The highest BCUT2D eigenvalue weighted by Gasteiger charge is 2.57. The Morgan fingerprint density at radius 1 is 1.23 bits per heavy atom. The molecule has 0 unspecified atom stereocenters. The Kier molecular flexibility index (Phi) is 5.02. The first-order valence-electron chi connectivity index (χ1n) is 11.2. The number of piperidine rings is 1. The highest BCUT2D eigenvalue weighted by Crippen LogP contribution is 2.50. The number of hydrogen-bond donors (Lipinski definition) is 1. The Morgan fingerprint density at radius 2 is 2.10 bits per heavy atom. The fraction of sp³-hybridized carbons (Fsp3) is 0.520. The molecule has 2 aromatic rings. The molecular formula is C25H31N3O2. The lowest BCUT2D eigenvalue weighted by atomic mass is 9.72. The first-order valence-corrected chi connectivity index (χ1v) is 11.2. The smallest absolute Gasteiger partial charge is 0.255 e. The van der Waals surface area contributed by atoms with Crippen LogP contribution in [0, 0.1) is 5.41 Å². The van der Waals surface area contributed by atoms with Crippen molar-refractivity contribution in [2.24, 2.45) is 5.41 Å². The Labute approximate surface area is 178 Å². The average molecular weight is 406 g/mol. The lowest BCUT2D eigenvalue weighted by Gasteiger charge is -2.39. The number of rotatable bonds is 4. The second kappa shape index (κ2) is 7.69. The van der Waals surface area contributed by atoms with Gasteiger partial charge in [-0.05, 0) is 55.0 Å². The van der Waals surface area contributed by atoms with E-state index >= 15 is 0 Å². The minimum atomic E-state index is 0.151. The van der Waals surface area contributed by atoms with Gasteiger partial charge in [0.15, 0.2) is 0 Å². The molecular weight excluding hydrogens is 374 g/mol. The molecule has 5 nitrogen and oxygen atoms in total. The molecule has 1 amide bonds. The molecule has 1 aromatic heterocycles. The summed E-state index contributed by atoms with van der Waals surface area (Å²) in [5, 5.41) is 3.76. The SMILES string of the molecule is COc1cccc(Cc2cncc(C(=O)N3[C@@H]4CN[C@@H]5CCCC[C@H]3[C@]5(C)C4)c2)c1. The number of fused-ring (bicyclic) bond motifs is 1. The Balaban J connectivity index is 1.40. The lowest BCUT2D eigenvalue weighted by Crippen LogP contribution is -2.51. The minimum absolute atomic E-state index is 0.151. The molecule has 2 aliphatic heterocycles. The summed E-state index contributed by atoms with van der Waals surface area (Å²) in [5.74, 6) is 0.999. The summed E-state index contributed by atoms with van der Waals surface area (Å²) in [5.41, 5.74) is 3.12. The molecule has 3 aliphatic rings. The van der Waals surface area contributed by atoms with E-state index in [2.05, 4.69) is 28.2 Å². The van der Waals surface area contributed by atoms with Gasteiger partial charge in [-0.15, -0.1) is 0 Å². The van der Waals surface area contributed by atoms with E-state index in [1.807, 2.05) is 30.5 Å².